The van der Waals surface area contributed by atoms with Gasteiger partial charge < -0.3 is 0 Å². The summed E-state index contributed by atoms with van der Waals surface area (Å²) in [7, 11) is -4.23. The normalized spacial score (nSPS) is 40.6. The highest BCUT2D eigenvalue weighted by atomic mass is 32.3. The maximum absolute atomic E-state index is 12.3. The largest absolute Gasteiger partial charge is 0.302 e. The summed E-state index contributed by atoms with van der Waals surface area (Å²) in [6.07, 6.45) is 4.34. The standard InChI is InChI=1S/C8H13FO2S/c9-12(10,11)5-6-3-7-1-2-8(7)4-6/h6-8H,1-5H2/t6?,7-,8+. The van der Waals surface area contributed by atoms with Gasteiger partial charge in [0, 0.05) is 0 Å². The Morgan fingerprint density at radius 1 is 1.17 bits per heavy atom. The van der Waals surface area contributed by atoms with Crippen LogP contribution in [0.15, 0.2) is 0 Å². The molecule has 0 aromatic carbocycles. The highest BCUT2D eigenvalue weighted by Gasteiger charge is 2.41. The molecule has 2 saturated carbocycles. The maximum Gasteiger partial charge on any atom is 0.302 e. The molecule has 2 fully saturated rings. The third kappa shape index (κ3) is 1.63. The molecule has 0 spiro atoms. The first-order valence-electron chi connectivity index (χ1n) is 4.47. The van der Waals surface area contributed by atoms with Crippen molar-refractivity contribution in [3.63, 3.8) is 0 Å². The van der Waals surface area contributed by atoms with Gasteiger partial charge in [0.05, 0.1) is 5.75 Å². The number of fused-ring (bicyclic) bond motifs is 1. The predicted octanol–water partition coefficient (Wildman–Crippen LogP) is 1.72. The fourth-order valence-electron chi connectivity index (χ4n) is 2.63. The van der Waals surface area contributed by atoms with E-state index in [0.717, 1.165) is 24.7 Å². The van der Waals surface area contributed by atoms with Crippen LogP contribution in [-0.4, -0.2) is 14.2 Å². The molecule has 0 N–H and O–H groups in total. The van der Waals surface area contributed by atoms with E-state index in [4.69, 9.17) is 0 Å². The van der Waals surface area contributed by atoms with Gasteiger partial charge in [-0.2, -0.15) is 8.42 Å². The monoisotopic (exact) mass is 192 g/mol. The van der Waals surface area contributed by atoms with E-state index < -0.39 is 10.2 Å². The van der Waals surface area contributed by atoms with Crippen LogP contribution in [0.3, 0.4) is 0 Å². The minimum absolute atomic E-state index is 0.109. The Bertz CT molecular complexity index is 261. The second-order valence-electron chi connectivity index (χ2n) is 4.14. The van der Waals surface area contributed by atoms with E-state index in [-0.39, 0.29) is 11.7 Å². The number of rotatable bonds is 2. The third-order valence-corrected chi connectivity index (χ3v) is 4.15. The topological polar surface area (TPSA) is 34.1 Å². The summed E-state index contributed by atoms with van der Waals surface area (Å²) in [5.41, 5.74) is 0. The van der Waals surface area contributed by atoms with E-state index in [1.807, 2.05) is 0 Å². The molecular weight excluding hydrogens is 179 g/mol. The zero-order chi connectivity index (χ0) is 8.77. The van der Waals surface area contributed by atoms with Crippen molar-refractivity contribution in [1.82, 2.24) is 0 Å². The van der Waals surface area contributed by atoms with Crippen LogP contribution >= 0.6 is 0 Å². The maximum atomic E-state index is 12.3. The summed E-state index contributed by atoms with van der Waals surface area (Å²) in [6, 6.07) is 0. The van der Waals surface area contributed by atoms with Gasteiger partial charge in [0.2, 0.25) is 0 Å². The van der Waals surface area contributed by atoms with Crippen molar-refractivity contribution in [3.05, 3.63) is 0 Å². The molecular formula is C8H13FO2S. The molecule has 2 aliphatic rings. The minimum Gasteiger partial charge on any atom is -0.195 e. The van der Waals surface area contributed by atoms with E-state index in [1.165, 1.54) is 12.8 Å². The van der Waals surface area contributed by atoms with Crippen LogP contribution in [0, 0.1) is 17.8 Å². The molecule has 1 unspecified atom stereocenters. The molecule has 0 heterocycles. The molecule has 3 atom stereocenters. The van der Waals surface area contributed by atoms with E-state index in [2.05, 4.69) is 0 Å². The summed E-state index contributed by atoms with van der Waals surface area (Å²) in [5, 5.41) is 0. The number of hydrogen-bond acceptors (Lipinski definition) is 2. The van der Waals surface area contributed by atoms with E-state index in [0.29, 0.717) is 0 Å². The zero-order valence-electron chi connectivity index (χ0n) is 6.87. The Kier molecular flexibility index (Phi) is 1.90. The van der Waals surface area contributed by atoms with Gasteiger partial charge >= 0.3 is 10.2 Å². The van der Waals surface area contributed by atoms with Crippen LogP contribution in [0.2, 0.25) is 0 Å². The van der Waals surface area contributed by atoms with Gasteiger partial charge in [0.1, 0.15) is 0 Å². The second kappa shape index (κ2) is 2.69. The lowest BCUT2D eigenvalue weighted by molar-refractivity contribution is 0.219. The van der Waals surface area contributed by atoms with Crippen LogP contribution in [0.25, 0.3) is 0 Å². The summed E-state index contributed by atoms with van der Waals surface area (Å²) in [4.78, 5) is 0. The molecule has 2 nitrogen and oxygen atoms in total. The quantitative estimate of drug-likeness (QED) is 0.624. The van der Waals surface area contributed by atoms with Crippen molar-refractivity contribution < 1.29 is 12.3 Å². The first kappa shape index (κ1) is 8.48. The van der Waals surface area contributed by atoms with E-state index >= 15 is 0 Å². The second-order valence-corrected chi connectivity index (χ2v) is 5.55. The van der Waals surface area contributed by atoms with Gasteiger partial charge in [-0.3, -0.25) is 0 Å². The highest BCUT2D eigenvalue weighted by molar-refractivity contribution is 7.86. The van der Waals surface area contributed by atoms with Crippen molar-refractivity contribution in [2.75, 3.05) is 5.75 Å². The van der Waals surface area contributed by atoms with Crippen molar-refractivity contribution >= 4 is 10.2 Å². The molecule has 0 radical (unpaired) electrons. The lowest BCUT2D eigenvalue weighted by Crippen LogP contribution is -2.18. The average Bonchev–Trinajstić information content (AvgIpc) is 2.10. The minimum atomic E-state index is -4.23. The van der Waals surface area contributed by atoms with E-state index in [9.17, 15) is 12.3 Å². The van der Waals surface area contributed by atoms with Crippen LogP contribution in [0.5, 0.6) is 0 Å². The first-order chi connectivity index (χ1) is 5.54. The molecule has 70 valence electrons. The van der Waals surface area contributed by atoms with Crippen molar-refractivity contribution in [2.24, 2.45) is 17.8 Å². The Morgan fingerprint density at radius 2 is 1.67 bits per heavy atom. The van der Waals surface area contributed by atoms with Crippen LogP contribution < -0.4 is 0 Å². The van der Waals surface area contributed by atoms with Crippen molar-refractivity contribution in [3.8, 4) is 0 Å². The summed E-state index contributed by atoms with van der Waals surface area (Å²) < 4.78 is 33.0. The molecule has 0 aliphatic heterocycles. The van der Waals surface area contributed by atoms with Crippen LogP contribution in [0.4, 0.5) is 3.89 Å². The summed E-state index contributed by atoms with van der Waals surface area (Å²) >= 11 is 0. The first-order valence-corrected chi connectivity index (χ1v) is 6.02. The molecule has 0 amide bonds. The van der Waals surface area contributed by atoms with Crippen molar-refractivity contribution in [1.29, 1.82) is 0 Å². The summed E-state index contributed by atoms with van der Waals surface area (Å²) in [5.74, 6) is 1.31. The molecule has 12 heavy (non-hydrogen) atoms. The lowest BCUT2D eigenvalue weighted by Gasteiger charge is -2.29. The molecule has 2 rings (SSSR count). The van der Waals surface area contributed by atoms with Gasteiger partial charge in [0.25, 0.3) is 0 Å². The van der Waals surface area contributed by atoms with Crippen LogP contribution in [0.1, 0.15) is 25.7 Å². The SMILES string of the molecule is O=S(=O)(F)CC1C[C@H]2CC[C@H]2C1. The molecule has 2 aliphatic carbocycles. The third-order valence-electron chi connectivity index (χ3n) is 3.28. The Balaban J connectivity index is 1.91. The Hall–Kier alpha value is -0.120. The van der Waals surface area contributed by atoms with Crippen LogP contribution in [-0.2, 0) is 10.2 Å². The zero-order valence-corrected chi connectivity index (χ0v) is 7.69. The number of hydrogen-bond donors (Lipinski definition) is 0. The highest BCUT2D eigenvalue weighted by Crippen LogP contribution is 2.49. The molecule has 0 aromatic heterocycles. The fraction of sp³-hybridized carbons (Fsp3) is 1.00. The average molecular weight is 192 g/mol. The molecule has 4 heteroatoms. The molecule has 0 aromatic rings. The van der Waals surface area contributed by atoms with Gasteiger partial charge in [-0.15, -0.1) is 3.89 Å². The number of halogens is 1. The van der Waals surface area contributed by atoms with Gasteiger partial charge in [-0.25, -0.2) is 0 Å². The van der Waals surface area contributed by atoms with Gasteiger partial charge in [0.15, 0.2) is 0 Å². The van der Waals surface area contributed by atoms with Gasteiger partial charge in [-0.1, -0.05) is 0 Å². The lowest BCUT2D eigenvalue weighted by atomic mass is 9.77. The summed E-state index contributed by atoms with van der Waals surface area (Å²) in [6.45, 7) is 0. The predicted molar refractivity (Wildman–Crippen MR) is 43.8 cm³/mol. The van der Waals surface area contributed by atoms with E-state index in [1.54, 1.807) is 0 Å². The molecule has 0 saturated heterocycles. The Morgan fingerprint density at radius 3 is 2.00 bits per heavy atom. The molecule has 0 bridgehead atoms. The van der Waals surface area contributed by atoms with Gasteiger partial charge in [-0.05, 0) is 43.4 Å². The Labute approximate surface area is 72.4 Å². The fourth-order valence-corrected chi connectivity index (χ4v) is 3.46. The van der Waals surface area contributed by atoms with Crippen molar-refractivity contribution in [2.45, 2.75) is 25.7 Å². The smallest absolute Gasteiger partial charge is 0.195 e.